The van der Waals surface area contributed by atoms with E-state index in [4.69, 9.17) is 18.6 Å². The van der Waals surface area contributed by atoms with Gasteiger partial charge in [-0.2, -0.15) is 4.68 Å². The van der Waals surface area contributed by atoms with E-state index < -0.39 is 10.2 Å². The molecular weight excluding hydrogens is 356 g/mol. The molecule has 26 heavy (non-hydrogen) atoms. The third kappa shape index (κ3) is 5.14. The average molecular weight is 377 g/mol. The maximum absolute atomic E-state index is 8.49. The third-order valence-corrected chi connectivity index (χ3v) is 4.19. The van der Waals surface area contributed by atoms with Crippen molar-refractivity contribution in [3.8, 4) is 22.5 Å². The summed E-state index contributed by atoms with van der Waals surface area (Å²) in [5, 5.41) is 0. The van der Waals surface area contributed by atoms with Gasteiger partial charge in [-0.05, 0) is 31.5 Å². The Hall–Kier alpha value is -2.22. The summed E-state index contributed by atoms with van der Waals surface area (Å²) in [7, 11) is -0.726. The maximum Gasteiger partial charge on any atom is 0.238 e. The number of hydrogen-bond acceptors (Lipinski definition) is 4. The van der Waals surface area contributed by atoms with Crippen LogP contribution in [0.4, 0.5) is 0 Å². The molecule has 0 saturated heterocycles. The number of aryl methyl sites for hydroxylation is 2. The number of hydrogen-bond donors (Lipinski definition) is 0. The summed E-state index contributed by atoms with van der Waals surface area (Å²) in [6, 6.07) is 19.5. The molecule has 0 unspecified atom stereocenters. The summed E-state index contributed by atoms with van der Waals surface area (Å²) in [5.41, 5.74) is 7.60. The van der Waals surface area contributed by atoms with Crippen LogP contribution < -0.4 is 23.3 Å². The van der Waals surface area contributed by atoms with Crippen molar-refractivity contribution in [2.75, 3.05) is 0 Å². The van der Waals surface area contributed by atoms with E-state index in [0.717, 1.165) is 0 Å². The van der Waals surface area contributed by atoms with Crippen LogP contribution in [0.5, 0.6) is 0 Å². The molecule has 0 atom stereocenters. The van der Waals surface area contributed by atoms with E-state index in [1.807, 2.05) is 0 Å². The van der Waals surface area contributed by atoms with Gasteiger partial charge in [0.05, 0.1) is 7.05 Å². The fraction of sp³-hybridized carbons (Fsp3) is 0.211. The second-order valence-corrected chi connectivity index (χ2v) is 6.78. The van der Waals surface area contributed by atoms with Crippen molar-refractivity contribution in [2.45, 2.75) is 13.8 Å². The summed E-state index contributed by atoms with van der Waals surface area (Å²) in [4.78, 5) is 0. The van der Waals surface area contributed by atoms with E-state index in [1.54, 1.807) is 0 Å². The van der Waals surface area contributed by atoms with Crippen molar-refractivity contribution < 1.29 is 33.6 Å². The van der Waals surface area contributed by atoms with Gasteiger partial charge in [-0.3, -0.25) is 0 Å². The SMILES string of the molecule is Cc1ccc(-c2cc(-c3ccccc3C)n(C)[n+]2C)cc1.[O-][Cl+3]([O-])([O-])[O-]. The average Bonchev–Trinajstić information content (AvgIpc) is 2.83. The highest BCUT2D eigenvalue weighted by Crippen LogP contribution is 2.26. The lowest BCUT2D eigenvalue weighted by Crippen LogP contribution is -2.68. The van der Waals surface area contributed by atoms with Crippen LogP contribution in [0.25, 0.3) is 22.5 Å². The topological polar surface area (TPSA) is 101 Å². The molecule has 1 aromatic heterocycles. The zero-order chi connectivity index (χ0) is 19.5. The van der Waals surface area contributed by atoms with E-state index in [9.17, 15) is 0 Å². The smallest absolute Gasteiger partial charge is 0.222 e. The minimum atomic E-state index is -4.94. The molecular formula is C19H21ClN2O4. The Bertz CT molecular complexity index is 878. The molecule has 138 valence electrons. The van der Waals surface area contributed by atoms with Gasteiger partial charge in [-0.1, -0.05) is 42.0 Å². The normalized spacial score (nSPS) is 11.1. The Morgan fingerprint density at radius 1 is 0.885 bits per heavy atom. The van der Waals surface area contributed by atoms with E-state index in [1.165, 1.54) is 33.6 Å². The zero-order valence-electron chi connectivity index (χ0n) is 15.1. The van der Waals surface area contributed by atoms with Gasteiger partial charge in [0.1, 0.15) is 5.69 Å². The zero-order valence-corrected chi connectivity index (χ0v) is 15.9. The molecule has 0 spiro atoms. The predicted octanol–water partition coefficient (Wildman–Crippen LogP) is -0.956. The van der Waals surface area contributed by atoms with Gasteiger partial charge in [-0.15, -0.1) is 14.9 Å². The van der Waals surface area contributed by atoms with Gasteiger partial charge < -0.3 is 0 Å². The van der Waals surface area contributed by atoms with E-state index in [0.29, 0.717) is 0 Å². The fourth-order valence-electron chi connectivity index (χ4n) is 2.75. The van der Waals surface area contributed by atoms with Gasteiger partial charge in [0.25, 0.3) is 0 Å². The fourth-order valence-corrected chi connectivity index (χ4v) is 2.75. The first-order valence-corrected chi connectivity index (χ1v) is 9.12. The van der Waals surface area contributed by atoms with E-state index >= 15 is 0 Å². The summed E-state index contributed by atoms with van der Waals surface area (Å²) >= 11 is 0. The molecule has 6 nitrogen and oxygen atoms in total. The van der Waals surface area contributed by atoms with Gasteiger partial charge >= 0.3 is 0 Å². The first-order valence-electron chi connectivity index (χ1n) is 7.88. The highest BCUT2D eigenvalue weighted by atomic mass is 35.7. The lowest BCUT2D eigenvalue weighted by atomic mass is 10.0. The van der Waals surface area contributed by atoms with Crippen molar-refractivity contribution in [1.82, 2.24) is 4.68 Å². The van der Waals surface area contributed by atoms with Crippen molar-refractivity contribution in [2.24, 2.45) is 14.1 Å². The van der Waals surface area contributed by atoms with Crippen LogP contribution in [0.3, 0.4) is 0 Å². The van der Waals surface area contributed by atoms with Crippen LogP contribution in [0.1, 0.15) is 11.1 Å². The van der Waals surface area contributed by atoms with Crippen LogP contribution in [-0.4, -0.2) is 4.68 Å². The van der Waals surface area contributed by atoms with Crippen molar-refractivity contribution in [3.05, 3.63) is 65.7 Å². The molecule has 3 aromatic rings. The molecule has 3 rings (SSSR count). The molecule has 0 fully saturated rings. The molecule has 0 aliphatic heterocycles. The number of benzene rings is 2. The Morgan fingerprint density at radius 2 is 1.42 bits per heavy atom. The summed E-state index contributed by atoms with van der Waals surface area (Å²) in [6.45, 7) is 4.28. The van der Waals surface area contributed by atoms with Crippen molar-refractivity contribution >= 4 is 0 Å². The predicted molar refractivity (Wildman–Crippen MR) is 86.9 cm³/mol. The number of rotatable bonds is 2. The van der Waals surface area contributed by atoms with Gasteiger partial charge in [-0.25, -0.2) is 18.6 Å². The van der Waals surface area contributed by atoms with Crippen molar-refractivity contribution in [1.29, 1.82) is 0 Å². The van der Waals surface area contributed by atoms with Crippen LogP contribution in [0, 0.1) is 24.1 Å². The van der Waals surface area contributed by atoms with E-state index in [2.05, 4.69) is 91.9 Å². The van der Waals surface area contributed by atoms with Crippen LogP contribution in [0.2, 0.25) is 0 Å². The van der Waals surface area contributed by atoms with E-state index in [-0.39, 0.29) is 0 Å². The van der Waals surface area contributed by atoms with Gasteiger partial charge in [0.15, 0.2) is 7.05 Å². The molecule has 7 heteroatoms. The molecule has 0 amide bonds. The Morgan fingerprint density at radius 3 is 1.96 bits per heavy atom. The standard InChI is InChI=1S/C19H21N2.ClHO4/c1-14-9-11-16(12-10-14)18-13-19(21(4)20(18)3)17-8-6-5-7-15(17)2;2-1(3,4)5/h5-13H,1-4H3;(H,2,3,4,5)/q+1;/p-1. The number of nitrogens with zero attached hydrogens (tertiary/aromatic N) is 2. The molecule has 0 N–H and O–H groups in total. The van der Waals surface area contributed by atoms with Crippen molar-refractivity contribution in [3.63, 3.8) is 0 Å². The molecule has 0 aliphatic carbocycles. The number of halogens is 1. The lowest BCUT2D eigenvalue weighted by Gasteiger charge is -2.17. The molecule has 1 heterocycles. The Kier molecular flexibility index (Phi) is 6.17. The first kappa shape index (κ1) is 20.1. The second-order valence-electron chi connectivity index (χ2n) is 6.02. The highest BCUT2D eigenvalue weighted by molar-refractivity contribution is 5.68. The Labute approximate surface area is 154 Å². The molecule has 0 bridgehead atoms. The quantitative estimate of drug-likeness (QED) is 0.538. The number of aromatic nitrogens is 2. The highest BCUT2D eigenvalue weighted by Gasteiger charge is 2.20. The van der Waals surface area contributed by atoms with Crippen LogP contribution in [-0.2, 0) is 14.1 Å². The molecule has 2 aromatic carbocycles. The molecule has 0 radical (unpaired) electrons. The largest absolute Gasteiger partial charge is 0.238 e. The first-order chi connectivity index (χ1) is 12.1. The van der Waals surface area contributed by atoms with Crippen LogP contribution >= 0.6 is 0 Å². The summed E-state index contributed by atoms with van der Waals surface area (Å²) in [6.07, 6.45) is 0. The third-order valence-electron chi connectivity index (χ3n) is 4.19. The minimum Gasteiger partial charge on any atom is -0.222 e. The molecule has 0 aliphatic rings. The maximum atomic E-state index is 8.49. The summed E-state index contributed by atoms with van der Waals surface area (Å²) in [5.74, 6) is 0. The van der Waals surface area contributed by atoms with Gasteiger partial charge in [0, 0.05) is 17.2 Å². The monoisotopic (exact) mass is 376 g/mol. The minimum absolute atomic E-state index is 1.23. The lowest BCUT2D eigenvalue weighted by molar-refractivity contribution is -2.00. The molecule has 0 saturated carbocycles. The second kappa shape index (κ2) is 7.99. The van der Waals surface area contributed by atoms with Gasteiger partial charge in [0.2, 0.25) is 5.69 Å². The Balaban J connectivity index is 0.000000431. The van der Waals surface area contributed by atoms with Crippen LogP contribution in [0.15, 0.2) is 54.6 Å². The summed E-state index contributed by atoms with van der Waals surface area (Å²) < 4.78 is 38.4.